The lowest BCUT2D eigenvalue weighted by molar-refractivity contribution is 0.0910. The minimum Gasteiger partial charge on any atom is -0.299 e. The monoisotopic (exact) mass is 448 g/mol. The van der Waals surface area contributed by atoms with E-state index in [1.807, 2.05) is 0 Å². The number of piperidine rings is 2. The van der Waals surface area contributed by atoms with Crippen molar-refractivity contribution in [2.24, 2.45) is 11.8 Å². The fraction of sp³-hybridized carbons (Fsp3) is 0.375. The van der Waals surface area contributed by atoms with Crippen LogP contribution in [-0.4, -0.2) is 36.0 Å². The molecule has 0 radical (unpaired) electrons. The summed E-state index contributed by atoms with van der Waals surface area (Å²) < 4.78 is 0. The molecular weight excluding hydrogens is 412 g/mol. The van der Waals surface area contributed by atoms with Crippen LogP contribution in [0.4, 0.5) is 0 Å². The molecule has 0 aromatic heterocycles. The van der Waals surface area contributed by atoms with Crippen molar-refractivity contribution in [3.05, 3.63) is 96.1 Å². The highest BCUT2D eigenvalue weighted by Crippen LogP contribution is 2.33. The van der Waals surface area contributed by atoms with Crippen molar-refractivity contribution in [1.29, 1.82) is 0 Å². The highest BCUT2D eigenvalue weighted by molar-refractivity contribution is 5.83. The van der Waals surface area contributed by atoms with E-state index in [1.54, 1.807) is 0 Å². The molecule has 2 nitrogen and oxygen atoms in total. The van der Waals surface area contributed by atoms with Gasteiger partial charge in [0.05, 0.1) is 0 Å². The lowest BCUT2D eigenvalue weighted by Gasteiger charge is -2.40. The molecular formula is C32H36N2. The van der Waals surface area contributed by atoms with E-state index < -0.39 is 0 Å². The molecule has 0 saturated carbocycles. The van der Waals surface area contributed by atoms with Crippen LogP contribution in [0.5, 0.6) is 0 Å². The van der Waals surface area contributed by atoms with Crippen molar-refractivity contribution in [3.63, 3.8) is 0 Å². The van der Waals surface area contributed by atoms with Crippen LogP contribution in [0.2, 0.25) is 0 Å². The summed E-state index contributed by atoms with van der Waals surface area (Å²) in [7, 11) is 0. The Morgan fingerprint density at radius 3 is 1.26 bits per heavy atom. The van der Waals surface area contributed by atoms with E-state index in [0.717, 1.165) is 24.9 Å². The molecule has 4 aromatic carbocycles. The van der Waals surface area contributed by atoms with E-state index in [4.69, 9.17) is 0 Å². The number of rotatable bonds is 5. The molecule has 34 heavy (non-hydrogen) atoms. The van der Waals surface area contributed by atoms with Gasteiger partial charge >= 0.3 is 0 Å². The molecule has 0 amide bonds. The first kappa shape index (κ1) is 21.8. The second kappa shape index (κ2) is 9.90. The zero-order chi connectivity index (χ0) is 22.7. The van der Waals surface area contributed by atoms with Gasteiger partial charge in [0.25, 0.3) is 0 Å². The third kappa shape index (κ3) is 4.89. The molecule has 2 aliphatic rings. The summed E-state index contributed by atoms with van der Waals surface area (Å²) in [5, 5.41) is 5.42. The minimum atomic E-state index is 0.927. The zero-order valence-electron chi connectivity index (χ0n) is 20.2. The fourth-order valence-corrected chi connectivity index (χ4v) is 6.36. The summed E-state index contributed by atoms with van der Waals surface area (Å²) >= 11 is 0. The Morgan fingerprint density at radius 1 is 0.471 bits per heavy atom. The molecule has 6 rings (SSSR count). The van der Waals surface area contributed by atoms with E-state index in [0.29, 0.717) is 0 Å². The van der Waals surface area contributed by atoms with Crippen molar-refractivity contribution in [2.45, 2.75) is 38.8 Å². The highest BCUT2D eigenvalue weighted by Gasteiger charge is 2.29. The second-order valence-electron chi connectivity index (χ2n) is 10.6. The molecule has 0 unspecified atom stereocenters. The summed E-state index contributed by atoms with van der Waals surface area (Å²) in [5.41, 5.74) is 2.92. The lowest BCUT2D eigenvalue weighted by atomic mass is 9.78. The maximum absolute atomic E-state index is 2.68. The summed E-state index contributed by atoms with van der Waals surface area (Å²) in [6.45, 7) is 7.23. The SMILES string of the molecule is c1ccc2cc(CN3CCC(C4CCN(Cc5ccc6ccccc6c5)CC4)CC3)ccc2c1. The maximum atomic E-state index is 2.68. The van der Waals surface area contributed by atoms with Crippen LogP contribution in [0.15, 0.2) is 84.9 Å². The van der Waals surface area contributed by atoms with Gasteiger partial charge in [-0.2, -0.15) is 0 Å². The van der Waals surface area contributed by atoms with Crippen LogP contribution in [-0.2, 0) is 13.1 Å². The average Bonchev–Trinajstić information content (AvgIpc) is 2.89. The van der Waals surface area contributed by atoms with Gasteiger partial charge in [-0.15, -0.1) is 0 Å². The molecule has 2 aliphatic heterocycles. The van der Waals surface area contributed by atoms with Crippen LogP contribution in [0.25, 0.3) is 21.5 Å². The quantitative estimate of drug-likeness (QED) is 0.321. The van der Waals surface area contributed by atoms with Gasteiger partial charge in [0.2, 0.25) is 0 Å². The third-order valence-corrected chi connectivity index (χ3v) is 8.37. The molecule has 0 atom stereocenters. The lowest BCUT2D eigenvalue weighted by Crippen LogP contribution is -2.40. The van der Waals surface area contributed by atoms with Crippen molar-refractivity contribution in [3.8, 4) is 0 Å². The fourth-order valence-electron chi connectivity index (χ4n) is 6.36. The molecule has 0 aliphatic carbocycles. The summed E-state index contributed by atoms with van der Waals surface area (Å²) in [6.07, 6.45) is 5.51. The smallest absolute Gasteiger partial charge is 0.0233 e. The molecule has 2 heteroatoms. The van der Waals surface area contributed by atoms with Crippen molar-refractivity contribution in [1.82, 2.24) is 9.80 Å². The van der Waals surface area contributed by atoms with E-state index in [-0.39, 0.29) is 0 Å². The third-order valence-electron chi connectivity index (χ3n) is 8.37. The van der Waals surface area contributed by atoms with E-state index in [2.05, 4.69) is 94.7 Å². The highest BCUT2D eigenvalue weighted by atomic mass is 15.1. The normalized spacial score (nSPS) is 19.2. The second-order valence-corrected chi connectivity index (χ2v) is 10.6. The summed E-state index contributed by atoms with van der Waals surface area (Å²) in [4.78, 5) is 5.35. The molecule has 0 spiro atoms. The number of hydrogen-bond acceptors (Lipinski definition) is 2. The van der Waals surface area contributed by atoms with E-state index >= 15 is 0 Å². The summed E-state index contributed by atoms with van der Waals surface area (Å²) in [5.74, 6) is 1.85. The van der Waals surface area contributed by atoms with Crippen molar-refractivity contribution < 1.29 is 0 Å². The molecule has 0 N–H and O–H groups in total. The number of fused-ring (bicyclic) bond motifs is 2. The predicted molar refractivity (Wildman–Crippen MR) is 144 cm³/mol. The maximum Gasteiger partial charge on any atom is 0.0233 e. The minimum absolute atomic E-state index is 0.927. The first-order chi connectivity index (χ1) is 16.8. The van der Waals surface area contributed by atoms with E-state index in [9.17, 15) is 0 Å². The molecule has 2 saturated heterocycles. The number of benzene rings is 4. The average molecular weight is 449 g/mol. The predicted octanol–water partition coefficient (Wildman–Crippen LogP) is 7.12. The number of hydrogen-bond donors (Lipinski definition) is 0. The van der Waals surface area contributed by atoms with Crippen LogP contribution in [0, 0.1) is 11.8 Å². The van der Waals surface area contributed by atoms with Crippen LogP contribution < -0.4 is 0 Å². The van der Waals surface area contributed by atoms with E-state index in [1.165, 1.54) is 84.5 Å². The first-order valence-corrected chi connectivity index (χ1v) is 13.2. The van der Waals surface area contributed by atoms with Gasteiger partial charge in [0.15, 0.2) is 0 Å². The first-order valence-electron chi connectivity index (χ1n) is 13.2. The Morgan fingerprint density at radius 2 is 0.853 bits per heavy atom. The molecule has 2 fully saturated rings. The largest absolute Gasteiger partial charge is 0.299 e. The van der Waals surface area contributed by atoms with Crippen LogP contribution >= 0.6 is 0 Å². The molecule has 2 heterocycles. The van der Waals surface area contributed by atoms with Crippen molar-refractivity contribution >= 4 is 21.5 Å². The number of nitrogens with zero attached hydrogens (tertiary/aromatic N) is 2. The van der Waals surface area contributed by atoms with Gasteiger partial charge < -0.3 is 0 Å². The molecule has 0 bridgehead atoms. The summed E-state index contributed by atoms with van der Waals surface area (Å²) in [6, 6.07) is 31.4. The topological polar surface area (TPSA) is 6.48 Å². The van der Waals surface area contributed by atoms with Crippen LogP contribution in [0.1, 0.15) is 36.8 Å². The Labute approximate surface area is 204 Å². The zero-order valence-corrected chi connectivity index (χ0v) is 20.2. The van der Waals surface area contributed by atoms with Gasteiger partial charge in [0.1, 0.15) is 0 Å². The standard InChI is InChI=1S/C32H36N2/c1-3-7-31-21-25(9-11-27(31)5-1)23-33-17-13-29(14-18-33)30-15-19-34(20-16-30)24-26-10-12-28-6-2-4-8-32(28)22-26/h1-12,21-22,29-30H,13-20,23-24H2. The Hall–Kier alpha value is -2.68. The van der Waals surface area contributed by atoms with Gasteiger partial charge in [0, 0.05) is 13.1 Å². The van der Waals surface area contributed by atoms with Gasteiger partial charge in [-0.1, -0.05) is 72.8 Å². The Balaban J connectivity index is 0.979. The molecule has 4 aromatic rings. The Kier molecular flexibility index (Phi) is 6.35. The number of likely N-dealkylation sites (tertiary alicyclic amines) is 2. The van der Waals surface area contributed by atoms with Gasteiger partial charge in [-0.05, 0) is 109 Å². The van der Waals surface area contributed by atoms with Crippen LogP contribution in [0.3, 0.4) is 0 Å². The Bertz CT molecular complexity index is 1150. The van der Waals surface area contributed by atoms with Gasteiger partial charge in [-0.3, -0.25) is 9.80 Å². The van der Waals surface area contributed by atoms with Gasteiger partial charge in [-0.25, -0.2) is 0 Å². The molecule has 174 valence electrons. The van der Waals surface area contributed by atoms with Crippen molar-refractivity contribution in [2.75, 3.05) is 26.2 Å².